The monoisotopic (exact) mass is 350 g/mol. The van der Waals surface area contributed by atoms with Gasteiger partial charge >= 0.3 is 0 Å². The van der Waals surface area contributed by atoms with E-state index in [4.69, 9.17) is 11.6 Å². The van der Waals surface area contributed by atoms with Crippen LogP contribution in [0.15, 0.2) is 24.3 Å². The Kier molecular flexibility index (Phi) is 7.59. The van der Waals surface area contributed by atoms with Crippen LogP contribution < -0.4 is 5.32 Å². The minimum atomic E-state index is 0.0964. The smallest absolute Gasteiger partial charge is 0.0615 e. The van der Waals surface area contributed by atoms with Crippen LogP contribution in [-0.2, 0) is 5.54 Å². The molecule has 0 heterocycles. The molecule has 3 unspecified atom stereocenters. The summed E-state index contributed by atoms with van der Waals surface area (Å²) in [5.41, 5.74) is 1.53. The van der Waals surface area contributed by atoms with Crippen molar-refractivity contribution in [3.05, 3.63) is 34.9 Å². The Hall–Kier alpha value is -0.570. The van der Waals surface area contributed by atoms with Crippen molar-refractivity contribution < 1.29 is 0 Å². The Morgan fingerprint density at radius 1 is 1.12 bits per heavy atom. The van der Waals surface area contributed by atoms with Crippen LogP contribution in [0.2, 0.25) is 5.02 Å². The number of likely N-dealkylation sites (N-methyl/N-ethyl adjacent to an activating group) is 1. The van der Waals surface area contributed by atoms with Gasteiger partial charge in [0.15, 0.2) is 0 Å². The molecule has 2 nitrogen and oxygen atoms in total. The average Bonchev–Trinajstić information content (AvgIpc) is 2.57. The lowest BCUT2D eigenvalue weighted by Crippen LogP contribution is -2.61. The van der Waals surface area contributed by atoms with Gasteiger partial charge < -0.3 is 5.32 Å². The molecule has 0 amide bonds. The third-order valence-electron chi connectivity index (χ3n) is 5.58. The van der Waals surface area contributed by atoms with E-state index in [1.54, 1.807) is 0 Å². The highest BCUT2D eigenvalue weighted by atomic mass is 35.5. The van der Waals surface area contributed by atoms with Gasteiger partial charge in [-0.05, 0) is 75.4 Å². The van der Waals surface area contributed by atoms with Gasteiger partial charge in [0.05, 0.1) is 5.54 Å². The van der Waals surface area contributed by atoms with Crippen LogP contribution in [0.4, 0.5) is 0 Å². The van der Waals surface area contributed by atoms with Gasteiger partial charge in [0.25, 0.3) is 0 Å². The molecule has 3 atom stereocenters. The lowest BCUT2D eigenvalue weighted by atomic mass is 9.68. The quantitative estimate of drug-likeness (QED) is 0.670. The highest BCUT2D eigenvalue weighted by molar-refractivity contribution is 6.30. The zero-order chi connectivity index (χ0) is 17.6. The second-order valence-electron chi connectivity index (χ2n) is 7.41. The Balaban J connectivity index is 2.50. The van der Waals surface area contributed by atoms with Gasteiger partial charge in [-0.2, -0.15) is 0 Å². The number of hydrogen-bond donors (Lipinski definition) is 1. The van der Waals surface area contributed by atoms with Crippen LogP contribution in [0, 0.1) is 5.92 Å². The minimum Gasteiger partial charge on any atom is -0.312 e. The van der Waals surface area contributed by atoms with Crippen molar-refractivity contribution in [1.29, 1.82) is 0 Å². The van der Waals surface area contributed by atoms with E-state index in [1.807, 2.05) is 0 Å². The van der Waals surface area contributed by atoms with Crippen LogP contribution in [0.5, 0.6) is 0 Å². The molecule has 2 rings (SSSR count). The second kappa shape index (κ2) is 9.22. The third-order valence-corrected chi connectivity index (χ3v) is 5.83. The summed E-state index contributed by atoms with van der Waals surface area (Å²) in [7, 11) is 0. The number of hydrogen-bond acceptors (Lipinski definition) is 2. The van der Waals surface area contributed by atoms with Gasteiger partial charge in [0, 0.05) is 11.1 Å². The molecule has 1 aliphatic carbocycles. The Morgan fingerprint density at radius 2 is 1.75 bits per heavy atom. The second-order valence-corrected chi connectivity index (χ2v) is 7.84. The maximum absolute atomic E-state index is 6.19. The zero-order valence-electron chi connectivity index (χ0n) is 15.9. The highest BCUT2D eigenvalue weighted by Gasteiger charge is 2.47. The third kappa shape index (κ3) is 4.15. The number of nitrogens with one attached hydrogen (secondary N) is 1. The normalized spacial score (nSPS) is 27.6. The van der Waals surface area contributed by atoms with E-state index in [0.717, 1.165) is 30.6 Å². The Morgan fingerprint density at radius 3 is 2.29 bits per heavy atom. The van der Waals surface area contributed by atoms with Crippen molar-refractivity contribution in [3.63, 3.8) is 0 Å². The number of halogens is 1. The molecule has 1 aromatic rings. The molecule has 0 radical (unpaired) electrons. The van der Waals surface area contributed by atoms with Crippen LogP contribution in [0.25, 0.3) is 0 Å². The van der Waals surface area contributed by atoms with Crippen molar-refractivity contribution in [2.75, 3.05) is 19.6 Å². The van der Waals surface area contributed by atoms with Gasteiger partial charge in [-0.15, -0.1) is 0 Å². The first-order valence-electron chi connectivity index (χ1n) is 9.82. The average molecular weight is 351 g/mol. The maximum atomic E-state index is 6.19. The van der Waals surface area contributed by atoms with Crippen molar-refractivity contribution in [2.24, 2.45) is 5.92 Å². The number of rotatable bonds is 8. The van der Waals surface area contributed by atoms with Crippen molar-refractivity contribution in [1.82, 2.24) is 10.2 Å². The zero-order valence-corrected chi connectivity index (χ0v) is 16.7. The number of benzene rings is 1. The molecule has 0 spiro atoms. The van der Waals surface area contributed by atoms with E-state index in [1.165, 1.54) is 37.7 Å². The summed E-state index contributed by atoms with van der Waals surface area (Å²) in [5, 5.41) is 4.67. The van der Waals surface area contributed by atoms with Crippen molar-refractivity contribution in [3.8, 4) is 0 Å². The standard InChI is InChI=1S/C21H35ClN2/c1-5-14-24(15-6-2)21(18-8-10-19(22)11-9-18)13-12-17(4)16-20(21)23-7-3/h8-11,17,20,23H,5-7,12-16H2,1-4H3. The lowest BCUT2D eigenvalue weighted by molar-refractivity contribution is 0.00244. The van der Waals surface area contributed by atoms with Crippen LogP contribution in [-0.4, -0.2) is 30.6 Å². The van der Waals surface area contributed by atoms with Crippen LogP contribution in [0.1, 0.15) is 65.4 Å². The van der Waals surface area contributed by atoms with Gasteiger partial charge in [-0.25, -0.2) is 0 Å². The maximum Gasteiger partial charge on any atom is 0.0615 e. The number of nitrogens with zero attached hydrogens (tertiary/aromatic N) is 1. The summed E-state index contributed by atoms with van der Waals surface area (Å²) in [6, 6.07) is 9.17. The van der Waals surface area contributed by atoms with E-state index in [-0.39, 0.29) is 5.54 Å². The lowest BCUT2D eigenvalue weighted by Gasteiger charge is -2.53. The van der Waals surface area contributed by atoms with Gasteiger partial charge in [0.2, 0.25) is 0 Å². The molecule has 24 heavy (non-hydrogen) atoms. The molecule has 1 aromatic carbocycles. The molecule has 0 aromatic heterocycles. The summed E-state index contributed by atoms with van der Waals surface area (Å²) in [6.07, 6.45) is 6.18. The van der Waals surface area contributed by atoms with Gasteiger partial charge in [-0.1, -0.05) is 51.4 Å². The summed E-state index contributed by atoms with van der Waals surface area (Å²) in [6.45, 7) is 12.6. The van der Waals surface area contributed by atoms with Gasteiger partial charge in [0.1, 0.15) is 0 Å². The summed E-state index contributed by atoms with van der Waals surface area (Å²) in [5.74, 6) is 0.791. The van der Waals surface area contributed by atoms with E-state index in [9.17, 15) is 0 Å². The molecule has 0 bridgehead atoms. The first-order valence-corrected chi connectivity index (χ1v) is 10.2. The minimum absolute atomic E-state index is 0.0964. The van der Waals surface area contributed by atoms with Crippen LogP contribution in [0.3, 0.4) is 0 Å². The SMILES string of the molecule is CCCN(CCC)C1(c2ccc(Cl)cc2)CCC(C)CC1NCC. The van der Waals surface area contributed by atoms with Crippen LogP contribution >= 0.6 is 11.6 Å². The molecule has 1 fully saturated rings. The largest absolute Gasteiger partial charge is 0.312 e. The van der Waals surface area contributed by atoms with Gasteiger partial charge in [-0.3, -0.25) is 4.90 Å². The molecular weight excluding hydrogens is 316 g/mol. The summed E-state index contributed by atoms with van der Waals surface area (Å²) < 4.78 is 0. The Labute approximate surface area is 154 Å². The fourth-order valence-corrected chi connectivity index (χ4v) is 4.68. The van der Waals surface area contributed by atoms with E-state index in [2.05, 4.69) is 62.2 Å². The molecule has 1 aliphatic rings. The summed E-state index contributed by atoms with van der Waals surface area (Å²) in [4.78, 5) is 2.76. The molecule has 1 N–H and O–H groups in total. The molecule has 136 valence electrons. The highest BCUT2D eigenvalue weighted by Crippen LogP contribution is 2.44. The molecule has 0 saturated heterocycles. The van der Waals surface area contributed by atoms with Crippen molar-refractivity contribution in [2.45, 2.75) is 71.4 Å². The van der Waals surface area contributed by atoms with Crippen molar-refractivity contribution >= 4 is 11.6 Å². The Bertz CT molecular complexity index is 469. The topological polar surface area (TPSA) is 15.3 Å². The first-order chi connectivity index (χ1) is 11.6. The fourth-order valence-electron chi connectivity index (χ4n) is 4.55. The fraction of sp³-hybridized carbons (Fsp3) is 0.714. The predicted octanol–water partition coefficient (Wildman–Crippen LogP) is 5.46. The van der Waals surface area contributed by atoms with E-state index < -0.39 is 0 Å². The molecule has 3 heteroatoms. The van der Waals surface area contributed by atoms with E-state index in [0.29, 0.717) is 6.04 Å². The molecule has 0 aliphatic heterocycles. The molecular formula is C21H35ClN2. The summed E-state index contributed by atoms with van der Waals surface area (Å²) >= 11 is 6.19. The first kappa shape index (κ1) is 19.8. The van der Waals surface area contributed by atoms with E-state index >= 15 is 0 Å². The molecule has 1 saturated carbocycles. The predicted molar refractivity (Wildman–Crippen MR) is 106 cm³/mol.